The summed E-state index contributed by atoms with van der Waals surface area (Å²) in [5, 5.41) is 1.00. The number of hydrogen-bond donors (Lipinski definition) is 1. The van der Waals surface area contributed by atoms with Crippen molar-refractivity contribution in [2.45, 2.75) is 18.8 Å². The van der Waals surface area contributed by atoms with Crippen molar-refractivity contribution in [1.29, 1.82) is 0 Å². The van der Waals surface area contributed by atoms with Gasteiger partial charge >= 0.3 is 0 Å². The Morgan fingerprint density at radius 3 is 2.60 bits per heavy atom. The molecule has 0 amide bonds. The van der Waals surface area contributed by atoms with Crippen molar-refractivity contribution in [3.8, 4) is 11.5 Å². The standard InChI is InChI=1S/C20H22N4O/c1-24-10-7-14(8-11-24)18-12-17-19(13-23-18)22-9-6-20(17)25-16-4-2-15(21)3-5-16/h2-6,9,12-14H,7-8,10-11,21H2,1H3. The lowest BCUT2D eigenvalue weighted by molar-refractivity contribution is 0.253. The maximum absolute atomic E-state index is 6.07. The van der Waals surface area contributed by atoms with E-state index in [0.29, 0.717) is 5.92 Å². The summed E-state index contributed by atoms with van der Waals surface area (Å²) in [4.78, 5) is 11.5. The SMILES string of the molecule is CN1CCC(c2cc3c(Oc4ccc(N)cc4)ccnc3cn2)CC1. The van der Waals surface area contributed by atoms with E-state index in [1.807, 2.05) is 36.5 Å². The second-order valence-electron chi connectivity index (χ2n) is 6.68. The second-order valence-corrected chi connectivity index (χ2v) is 6.68. The fraction of sp³-hybridized carbons (Fsp3) is 0.300. The molecule has 3 heterocycles. The molecule has 0 aliphatic carbocycles. The molecule has 4 rings (SSSR count). The van der Waals surface area contributed by atoms with E-state index in [9.17, 15) is 0 Å². The fourth-order valence-corrected chi connectivity index (χ4v) is 3.32. The van der Waals surface area contributed by atoms with Crippen molar-refractivity contribution in [1.82, 2.24) is 14.9 Å². The van der Waals surface area contributed by atoms with Gasteiger partial charge in [0.2, 0.25) is 0 Å². The van der Waals surface area contributed by atoms with E-state index < -0.39 is 0 Å². The van der Waals surface area contributed by atoms with E-state index >= 15 is 0 Å². The normalized spacial score (nSPS) is 16.2. The number of anilines is 1. The highest BCUT2D eigenvalue weighted by atomic mass is 16.5. The van der Waals surface area contributed by atoms with Crippen LogP contribution < -0.4 is 10.5 Å². The first-order valence-corrected chi connectivity index (χ1v) is 8.65. The van der Waals surface area contributed by atoms with Gasteiger partial charge in [-0.1, -0.05) is 0 Å². The first-order chi connectivity index (χ1) is 12.2. The summed E-state index contributed by atoms with van der Waals surface area (Å²) < 4.78 is 6.07. The third-order valence-electron chi connectivity index (χ3n) is 4.85. The molecule has 0 atom stereocenters. The summed E-state index contributed by atoms with van der Waals surface area (Å²) in [5.74, 6) is 2.07. The molecule has 2 N–H and O–H groups in total. The van der Waals surface area contributed by atoms with Gasteiger partial charge in [0, 0.05) is 28.9 Å². The molecule has 0 unspecified atom stereocenters. The Morgan fingerprint density at radius 1 is 1.08 bits per heavy atom. The van der Waals surface area contributed by atoms with E-state index in [0.717, 1.165) is 59.7 Å². The van der Waals surface area contributed by atoms with Gasteiger partial charge in [-0.05, 0) is 69.4 Å². The lowest BCUT2D eigenvalue weighted by atomic mass is 9.93. The minimum atomic E-state index is 0.505. The monoisotopic (exact) mass is 334 g/mol. The van der Waals surface area contributed by atoms with Crippen molar-refractivity contribution >= 4 is 16.6 Å². The van der Waals surface area contributed by atoms with Crippen LogP contribution in [0, 0.1) is 0 Å². The molecule has 0 radical (unpaired) electrons. The number of piperidine rings is 1. The van der Waals surface area contributed by atoms with Gasteiger partial charge in [0.25, 0.3) is 0 Å². The highest BCUT2D eigenvalue weighted by molar-refractivity contribution is 5.84. The van der Waals surface area contributed by atoms with Crippen LogP contribution in [0.25, 0.3) is 10.9 Å². The van der Waals surface area contributed by atoms with Crippen molar-refractivity contribution in [3.63, 3.8) is 0 Å². The number of nitrogens with zero attached hydrogens (tertiary/aromatic N) is 3. The quantitative estimate of drug-likeness (QED) is 0.738. The fourth-order valence-electron chi connectivity index (χ4n) is 3.32. The molecule has 1 saturated heterocycles. The number of aromatic nitrogens is 2. The Morgan fingerprint density at radius 2 is 1.84 bits per heavy atom. The number of hydrogen-bond acceptors (Lipinski definition) is 5. The van der Waals surface area contributed by atoms with Crippen LogP contribution in [0.4, 0.5) is 5.69 Å². The van der Waals surface area contributed by atoms with Gasteiger partial charge in [0.15, 0.2) is 0 Å². The number of likely N-dealkylation sites (tertiary alicyclic amines) is 1. The molecule has 5 heteroatoms. The smallest absolute Gasteiger partial charge is 0.138 e. The first-order valence-electron chi connectivity index (χ1n) is 8.65. The third-order valence-corrected chi connectivity index (χ3v) is 4.85. The van der Waals surface area contributed by atoms with Crippen LogP contribution in [0.1, 0.15) is 24.5 Å². The van der Waals surface area contributed by atoms with Crippen molar-refractivity contribution in [3.05, 3.63) is 54.5 Å². The second kappa shape index (κ2) is 6.69. The van der Waals surface area contributed by atoms with E-state index in [2.05, 4.69) is 28.0 Å². The summed E-state index contributed by atoms with van der Waals surface area (Å²) in [6, 6.07) is 11.5. The molecule has 25 heavy (non-hydrogen) atoms. The Labute approximate surface area is 147 Å². The number of nitrogens with two attached hydrogens (primary N) is 1. The zero-order chi connectivity index (χ0) is 17.2. The van der Waals surface area contributed by atoms with Crippen LogP contribution in [0.5, 0.6) is 11.5 Å². The molecule has 1 fully saturated rings. The highest BCUT2D eigenvalue weighted by Gasteiger charge is 2.20. The molecule has 1 aliphatic heterocycles. The minimum absolute atomic E-state index is 0.505. The van der Waals surface area contributed by atoms with E-state index in [1.165, 1.54) is 0 Å². The maximum Gasteiger partial charge on any atom is 0.138 e. The predicted octanol–water partition coefficient (Wildman–Crippen LogP) is 3.81. The van der Waals surface area contributed by atoms with E-state index in [1.54, 1.807) is 6.20 Å². The molecule has 2 aromatic heterocycles. The predicted molar refractivity (Wildman–Crippen MR) is 99.9 cm³/mol. The molecule has 0 saturated carbocycles. The van der Waals surface area contributed by atoms with Crippen LogP contribution >= 0.6 is 0 Å². The van der Waals surface area contributed by atoms with Crippen molar-refractivity contribution < 1.29 is 4.74 Å². The molecular formula is C20H22N4O. The van der Waals surface area contributed by atoms with Gasteiger partial charge in [-0.25, -0.2) is 0 Å². The molecule has 1 aromatic carbocycles. The summed E-state index contributed by atoms with van der Waals surface area (Å²) in [6.45, 7) is 2.23. The van der Waals surface area contributed by atoms with Crippen LogP contribution in [-0.2, 0) is 0 Å². The summed E-state index contributed by atoms with van der Waals surface area (Å²) in [7, 11) is 2.17. The van der Waals surface area contributed by atoms with Gasteiger partial charge in [0.1, 0.15) is 11.5 Å². The third kappa shape index (κ3) is 3.42. The lowest BCUT2D eigenvalue weighted by Gasteiger charge is -2.28. The van der Waals surface area contributed by atoms with Crippen LogP contribution in [0.15, 0.2) is 48.8 Å². The Balaban J connectivity index is 1.67. The topological polar surface area (TPSA) is 64.3 Å². The summed E-state index contributed by atoms with van der Waals surface area (Å²) >= 11 is 0. The summed E-state index contributed by atoms with van der Waals surface area (Å²) in [5.41, 5.74) is 8.45. The van der Waals surface area contributed by atoms with Crippen LogP contribution in [0.3, 0.4) is 0 Å². The van der Waals surface area contributed by atoms with Crippen LogP contribution in [-0.4, -0.2) is 35.0 Å². The lowest BCUT2D eigenvalue weighted by Crippen LogP contribution is -2.29. The van der Waals surface area contributed by atoms with Crippen molar-refractivity contribution in [2.24, 2.45) is 0 Å². The minimum Gasteiger partial charge on any atom is -0.457 e. The number of pyridine rings is 2. The molecule has 0 bridgehead atoms. The Bertz CT molecular complexity index is 871. The number of nitrogen functional groups attached to an aromatic ring is 1. The maximum atomic E-state index is 6.07. The van der Waals surface area contributed by atoms with Crippen molar-refractivity contribution in [2.75, 3.05) is 25.9 Å². The van der Waals surface area contributed by atoms with Crippen LogP contribution in [0.2, 0.25) is 0 Å². The Kier molecular flexibility index (Phi) is 4.24. The van der Waals surface area contributed by atoms with E-state index in [-0.39, 0.29) is 0 Å². The zero-order valence-electron chi connectivity index (χ0n) is 14.4. The zero-order valence-corrected chi connectivity index (χ0v) is 14.4. The number of rotatable bonds is 3. The summed E-state index contributed by atoms with van der Waals surface area (Å²) in [6.07, 6.45) is 5.90. The molecule has 128 valence electrons. The first kappa shape index (κ1) is 15.8. The van der Waals surface area contributed by atoms with Gasteiger partial charge in [0.05, 0.1) is 11.7 Å². The van der Waals surface area contributed by atoms with E-state index in [4.69, 9.17) is 10.5 Å². The molecular weight excluding hydrogens is 312 g/mol. The number of ether oxygens (including phenoxy) is 1. The van der Waals surface area contributed by atoms with Gasteiger partial charge in [-0.15, -0.1) is 0 Å². The average Bonchev–Trinajstić information content (AvgIpc) is 2.64. The largest absolute Gasteiger partial charge is 0.457 e. The Hall–Kier alpha value is -2.66. The molecule has 0 spiro atoms. The molecule has 3 aromatic rings. The highest BCUT2D eigenvalue weighted by Crippen LogP contribution is 2.33. The van der Waals surface area contributed by atoms with Gasteiger partial charge in [-0.3, -0.25) is 9.97 Å². The average molecular weight is 334 g/mol. The van der Waals surface area contributed by atoms with Gasteiger partial charge in [-0.2, -0.15) is 0 Å². The molecule has 1 aliphatic rings. The van der Waals surface area contributed by atoms with Gasteiger partial charge < -0.3 is 15.4 Å². The number of benzene rings is 1. The number of fused-ring (bicyclic) bond motifs is 1. The molecule has 5 nitrogen and oxygen atoms in total.